The Morgan fingerprint density at radius 3 is 1.92 bits per heavy atom. The first-order valence-corrected chi connectivity index (χ1v) is 9.33. The fourth-order valence-corrected chi connectivity index (χ4v) is 3.45. The summed E-state index contributed by atoms with van der Waals surface area (Å²) >= 11 is 0. The van der Waals surface area contributed by atoms with E-state index in [0.29, 0.717) is 0 Å². The van der Waals surface area contributed by atoms with Crippen LogP contribution in [-0.4, -0.2) is 28.7 Å². The SMILES string of the molecule is CC(=O)N(NC(=O)P(=O)(OC(C)C)OC(C)C)c1ccc([N+](=O)[O-])cc1. The zero-order chi connectivity index (χ0) is 20.1. The molecule has 26 heavy (non-hydrogen) atoms. The number of hydrogen-bond acceptors (Lipinski definition) is 7. The number of non-ortho nitro benzene ring substituents is 1. The molecule has 0 fully saturated rings. The number of carbonyl (C=O) groups excluding carboxylic acids is 2. The van der Waals surface area contributed by atoms with Gasteiger partial charge in [-0.3, -0.25) is 28.8 Å². The number of carbonyl (C=O) groups is 2. The summed E-state index contributed by atoms with van der Waals surface area (Å²) in [4.78, 5) is 34.5. The first-order chi connectivity index (χ1) is 12.0. The first-order valence-electron chi connectivity index (χ1n) is 7.79. The van der Waals surface area contributed by atoms with E-state index >= 15 is 0 Å². The van der Waals surface area contributed by atoms with Gasteiger partial charge in [0, 0.05) is 19.1 Å². The Balaban J connectivity index is 3.11. The van der Waals surface area contributed by atoms with Crippen molar-refractivity contribution in [1.29, 1.82) is 0 Å². The molecule has 0 heterocycles. The molecule has 0 spiro atoms. The Hall–Kier alpha value is -2.29. The molecule has 0 unspecified atom stereocenters. The van der Waals surface area contributed by atoms with Gasteiger partial charge in [-0.05, 0) is 39.8 Å². The molecule has 2 amide bonds. The lowest BCUT2D eigenvalue weighted by atomic mass is 10.3. The zero-order valence-corrected chi connectivity index (χ0v) is 16.1. The summed E-state index contributed by atoms with van der Waals surface area (Å²) < 4.78 is 23.1. The van der Waals surface area contributed by atoms with E-state index in [1.807, 2.05) is 0 Å². The van der Waals surface area contributed by atoms with Crippen molar-refractivity contribution in [2.24, 2.45) is 0 Å². The van der Waals surface area contributed by atoms with Crippen LogP contribution in [-0.2, 0) is 18.4 Å². The van der Waals surface area contributed by atoms with Gasteiger partial charge in [-0.15, -0.1) is 0 Å². The maximum atomic E-state index is 12.8. The number of benzene rings is 1. The van der Waals surface area contributed by atoms with Crippen LogP contribution in [0, 0.1) is 10.1 Å². The van der Waals surface area contributed by atoms with Gasteiger partial charge in [0.15, 0.2) is 0 Å². The number of nitrogens with zero attached hydrogens (tertiary/aromatic N) is 2. The number of hydrazine groups is 1. The highest BCUT2D eigenvalue weighted by atomic mass is 31.2. The second-order valence-electron chi connectivity index (χ2n) is 5.85. The number of nitro groups is 1. The molecule has 10 nitrogen and oxygen atoms in total. The molecule has 0 aliphatic carbocycles. The predicted molar refractivity (Wildman–Crippen MR) is 94.8 cm³/mol. The molecule has 0 saturated heterocycles. The topological polar surface area (TPSA) is 128 Å². The Morgan fingerprint density at radius 2 is 1.58 bits per heavy atom. The van der Waals surface area contributed by atoms with Gasteiger partial charge in [-0.25, -0.2) is 15.0 Å². The lowest BCUT2D eigenvalue weighted by Gasteiger charge is -2.26. The van der Waals surface area contributed by atoms with E-state index in [1.54, 1.807) is 27.7 Å². The van der Waals surface area contributed by atoms with Crippen LogP contribution in [0.15, 0.2) is 24.3 Å². The monoisotopic (exact) mass is 387 g/mol. The van der Waals surface area contributed by atoms with E-state index in [4.69, 9.17) is 9.05 Å². The van der Waals surface area contributed by atoms with Crippen LogP contribution in [0.4, 0.5) is 16.2 Å². The normalized spacial score (nSPS) is 11.5. The van der Waals surface area contributed by atoms with Crippen LogP contribution >= 0.6 is 7.60 Å². The van der Waals surface area contributed by atoms with Crippen molar-refractivity contribution in [2.75, 3.05) is 5.01 Å². The average Bonchev–Trinajstić information content (AvgIpc) is 2.50. The van der Waals surface area contributed by atoms with E-state index in [2.05, 4.69) is 5.43 Å². The third kappa shape index (κ3) is 5.91. The zero-order valence-electron chi connectivity index (χ0n) is 15.2. The summed E-state index contributed by atoms with van der Waals surface area (Å²) in [6.45, 7) is 7.51. The second kappa shape index (κ2) is 8.88. The van der Waals surface area contributed by atoms with Gasteiger partial charge in [-0.2, -0.15) is 0 Å². The molecule has 0 saturated carbocycles. The fraction of sp³-hybridized carbons (Fsp3) is 0.467. The molecule has 0 aromatic heterocycles. The van der Waals surface area contributed by atoms with E-state index in [-0.39, 0.29) is 11.4 Å². The molecule has 1 aromatic rings. The highest BCUT2D eigenvalue weighted by molar-refractivity contribution is 7.71. The minimum atomic E-state index is -4.21. The van der Waals surface area contributed by atoms with Crippen LogP contribution in [0.1, 0.15) is 34.6 Å². The Kier molecular flexibility index (Phi) is 7.43. The Bertz CT molecular complexity index is 704. The maximum Gasteiger partial charge on any atom is 0.420 e. The van der Waals surface area contributed by atoms with Gasteiger partial charge in [-0.1, -0.05) is 0 Å². The minimum Gasteiger partial charge on any atom is -0.299 e. The predicted octanol–water partition coefficient (Wildman–Crippen LogP) is 3.62. The summed E-state index contributed by atoms with van der Waals surface area (Å²) in [5.41, 5.74) is 1.05. The molecular weight excluding hydrogens is 365 g/mol. The van der Waals surface area contributed by atoms with Crippen LogP contribution in [0.2, 0.25) is 0 Å². The number of nitro benzene ring substituents is 1. The summed E-state index contributed by atoms with van der Waals surface area (Å²) in [6.07, 6.45) is -1.12. The maximum absolute atomic E-state index is 12.8. The molecule has 0 aliphatic rings. The number of rotatable bonds is 7. The number of nitrogens with one attached hydrogen (secondary N) is 1. The summed E-state index contributed by atoms with van der Waals surface area (Å²) in [7, 11) is -4.21. The van der Waals surface area contributed by atoms with Crippen molar-refractivity contribution in [1.82, 2.24) is 5.43 Å². The van der Waals surface area contributed by atoms with Crippen molar-refractivity contribution < 1.29 is 28.1 Å². The lowest BCUT2D eigenvalue weighted by molar-refractivity contribution is -0.384. The summed E-state index contributed by atoms with van der Waals surface area (Å²) in [5.74, 6) is -0.604. The summed E-state index contributed by atoms with van der Waals surface area (Å²) in [5, 5.41) is 11.5. The lowest BCUT2D eigenvalue weighted by Crippen LogP contribution is -2.45. The number of amides is 2. The highest BCUT2D eigenvalue weighted by Gasteiger charge is 2.39. The molecule has 0 bridgehead atoms. The average molecular weight is 387 g/mol. The molecule has 11 heteroatoms. The molecule has 144 valence electrons. The fourth-order valence-electron chi connectivity index (χ4n) is 1.88. The van der Waals surface area contributed by atoms with E-state index in [9.17, 15) is 24.3 Å². The van der Waals surface area contributed by atoms with Gasteiger partial charge in [0.1, 0.15) is 0 Å². The first kappa shape index (κ1) is 21.8. The van der Waals surface area contributed by atoms with Gasteiger partial charge < -0.3 is 0 Å². The largest absolute Gasteiger partial charge is 0.420 e. The van der Waals surface area contributed by atoms with Gasteiger partial charge in [0.25, 0.3) is 5.69 Å². The Morgan fingerprint density at radius 1 is 1.12 bits per heavy atom. The van der Waals surface area contributed by atoms with Gasteiger partial charge >= 0.3 is 13.2 Å². The van der Waals surface area contributed by atoms with Crippen LogP contribution < -0.4 is 10.4 Å². The van der Waals surface area contributed by atoms with E-state index in [1.165, 1.54) is 31.2 Å². The standard InChI is InChI=1S/C15H22N3O7P/c1-10(2)24-26(23,25-11(3)4)15(20)16-17(12(5)19)13-6-8-14(9-7-13)18(21)22/h6-11H,1-5H3,(H,16,20). The van der Waals surface area contributed by atoms with E-state index in [0.717, 1.165) is 5.01 Å². The third-order valence-corrected chi connectivity index (χ3v) is 4.78. The molecule has 1 aromatic carbocycles. The smallest absolute Gasteiger partial charge is 0.299 e. The summed E-state index contributed by atoms with van der Waals surface area (Å²) in [6, 6.07) is 4.90. The molecule has 1 N–H and O–H groups in total. The molecular formula is C15H22N3O7P. The van der Waals surface area contributed by atoms with Crippen molar-refractivity contribution in [3.8, 4) is 0 Å². The number of anilines is 1. The minimum absolute atomic E-state index is 0.150. The number of hydrogen-bond donors (Lipinski definition) is 1. The van der Waals surface area contributed by atoms with Crippen LogP contribution in [0.5, 0.6) is 0 Å². The molecule has 1 rings (SSSR count). The van der Waals surface area contributed by atoms with Gasteiger partial charge in [0.2, 0.25) is 5.91 Å². The quantitative estimate of drug-likeness (QED) is 0.430. The van der Waals surface area contributed by atoms with E-state index < -0.39 is 36.3 Å². The molecule has 0 aliphatic heterocycles. The van der Waals surface area contributed by atoms with Crippen molar-refractivity contribution >= 4 is 30.5 Å². The van der Waals surface area contributed by atoms with Crippen molar-refractivity contribution in [3.63, 3.8) is 0 Å². The Labute approximate surface area is 151 Å². The van der Waals surface area contributed by atoms with Crippen molar-refractivity contribution in [3.05, 3.63) is 34.4 Å². The van der Waals surface area contributed by atoms with Crippen LogP contribution in [0.25, 0.3) is 0 Å². The van der Waals surface area contributed by atoms with Crippen molar-refractivity contribution in [2.45, 2.75) is 46.8 Å². The molecule has 0 radical (unpaired) electrons. The second-order valence-corrected chi connectivity index (χ2v) is 7.67. The van der Waals surface area contributed by atoms with Gasteiger partial charge in [0.05, 0.1) is 22.8 Å². The third-order valence-electron chi connectivity index (χ3n) is 2.79. The molecule has 0 atom stereocenters. The van der Waals surface area contributed by atoms with Crippen LogP contribution in [0.3, 0.4) is 0 Å². The highest BCUT2D eigenvalue weighted by Crippen LogP contribution is 2.51.